The maximum absolute atomic E-state index is 10.3. The minimum Gasteiger partial charge on any atom is -0.454 e. The molecule has 20 heavy (non-hydrogen) atoms. The third-order valence-electron chi connectivity index (χ3n) is 3.03. The predicted molar refractivity (Wildman–Crippen MR) is 80.9 cm³/mol. The molecule has 1 aromatic heterocycles. The lowest BCUT2D eigenvalue weighted by Crippen LogP contribution is -2.03. The molecule has 2 heterocycles. The van der Waals surface area contributed by atoms with Crippen LogP contribution in [0.25, 0.3) is 0 Å². The van der Waals surface area contributed by atoms with Crippen LogP contribution in [0.2, 0.25) is 0 Å². The van der Waals surface area contributed by atoms with Gasteiger partial charge in [0.1, 0.15) is 0 Å². The minimum atomic E-state index is -0.644. The standard InChI is InChI=1S/C14H11Br2NO3/c15-9-1-2-10(17-6-9)5-12(18)8-3-11(16)14-13(4-8)19-7-20-14/h1-4,6,12,18H,5,7H2. The molecule has 0 radical (unpaired) electrons. The molecule has 1 aromatic carbocycles. The zero-order chi connectivity index (χ0) is 14.1. The summed E-state index contributed by atoms with van der Waals surface area (Å²) in [6, 6.07) is 7.44. The lowest BCUT2D eigenvalue weighted by Gasteiger charge is -2.12. The van der Waals surface area contributed by atoms with Crippen molar-refractivity contribution in [2.24, 2.45) is 0 Å². The van der Waals surface area contributed by atoms with Crippen molar-refractivity contribution in [3.63, 3.8) is 0 Å². The molecule has 0 saturated heterocycles. The summed E-state index contributed by atoms with van der Waals surface area (Å²) in [5, 5.41) is 10.3. The van der Waals surface area contributed by atoms with E-state index in [1.54, 1.807) is 12.3 Å². The highest BCUT2D eigenvalue weighted by Crippen LogP contribution is 2.41. The zero-order valence-corrected chi connectivity index (χ0v) is 13.5. The molecule has 0 saturated carbocycles. The first-order chi connectivity index (χ1) is 9.63. The van der Waals surface area contributed by atoms with Crippen LogP contribution in [0, 0.1) is 0 Å². The number of hydrogen-bond donors (Lipinski definition) is 1. The Bertz CT molecular complexity index is 631. The summed E-state index contributed by atoms with van der Waals surface area (Å²) in [6.07, 6.45) is 1.52. The fraction of sp³-hybridized carbons (Fsp3) is 0.214. The average molecular weight is 401 g/mol. The molecule has 1 aliphatic rings. The molecule has 3 rings (SSSR count). The number of halogens is 2. The number of fused-ring (bicyclic) bond motifs is 1. The second-order valence-corrected chi connectivity index (χ2v) is 6.19. The topological polar surface area (TPSA) is 51.6 Å². The quantitative estimate of drug-likeness (QED) is 0.854. The van der Waals surface area contributed by atoms with Crippen molar-refractivity contribution >= 4 is 31.9 Å². The van der Waals surface area contributed by atoms with Gasteiger partial charge in [-0.25, -0.2) is 0 Å². The van der Waals surface area contributed by atoms with Crippen LogP contribution in [-0.4, -0.2) is 16.9 Å². The van der Waals surface area contributed by atoms with Gasteiger partial charge in [-0.1, -0.05) is 0 Å². The first kappa shape index (κ1) is 13.9. The number of pyridine rings is 1. The molecule has 0 bridgehead atoms. The van der Waals surface area contributed by atoms with Crippen molar-refractivity contribution in [1.82, 2.24) is 4.98 Å². The van der Waals surface area contributed by atoms with E-state index in [4.69, 9.17) is 9.47 Å². The van der Waals surface area contributed by atoms with Crippen LogP contribution in [0.4, 0.5) is 0 Å². The van der Waals surface area contributed by atoms with Gasteiger partial charge in [0.25, 0.3) is 0 Å². The van der Waals surface area contributed by atoms with Gasteiger partial charge < -0.3 is 14.6 Å². The molecular formula is C14H11Br2NO3. The van der Waals surface area contributed by atoms with E-state index in [2.05, 4.69) is 36.8 Å². The molecule has 1 unspecified atom stereocenters. The van der Waals surface area contributed by atoms with Crippen LogP contribution in [-0.2, 0) is 6.42 Å². The Morgan fingerprint density at radius 2 is 2.10 bits per heavy atom. The average Bonchev–Trinajstić information content (AvgIpc) is 2.90. The van der Waals surface area contributed by atoms with Crippen molar-refractivity contribution in [3.8, 4) is 11.5 Å². The van der Waals surface area contributed by atoms with Crippen molar-refractivity contribution in [2.75, 3.05) is 6.79 Å². The van der Waals surface area contributed by atoms with Crippen molar-refractivity contribution in [2.45, 2.75) is 12.5 Å². The van der Waals surface area contributed by atoms with Crippen LogP contribution in [0.5, 0.6) is 11.5 Å². The van der Waals surface area contributed by atoms with Gasteiger partial charge >= 0.3 is 0 Å². The van der Waals surface area contributed by atoms with Gasteiger partial charge in [-0.3, -0.25) is 4.98 Å². The summed E-state index contributed by atoms with van der Waals surface area (Å²) in [5.41, 5.74) is 1.60. The van der Waals surface area contributed by atoms with Gasteiger partial charge in [0.2, 0.25) is 6.79 Å². The first-order valence-corrected chi connectivity index (χ1v) is 7.59. The third-order valence-corrected chi connectivity index (χ3v) is 4.08. The normalized spacial score (nSPS) is 14.3. The molecule has 6 heteroatoms. The van der Waals surface area contributed by atoms with Crippen molar-refractivity contribution in [3.05, 3.63) is 50.7 Å². The van der Waals surface area contributed by atoms with E-state index < -0.39 is 6.10 Å². The van der Waals surface area contributed by atoms with Crippen molar-refractivity contribution < 1.29 is 14.6 Å². The molecule has 104 valence electrons. The maximum atomic E-state index is 10.3. The summed E-state index contributed by atoms with van der Waals surface area (Å²) >= 11 is 6.76. The van der Waals surface area contributed by atoms with E-state index in [1.165, 1.54) is 0 Å². The Labute approximate surface area is 133 Å². The lowest BCUT2D eigenvalue weighted by atomic mass is 10.0. The summed E-state index contributed by atoms with van der Waals surface area (Å²) < 4.78 is 12.4. The van der Waals surface area contributed by atoms with E-state index in [0.717, 1.165) is 20.2 Å². The van der Waals surface area contributed by atoms with Crippen LogP contribution < -0.4 is 9.47 Å². The van der Waals surface area contributed by atoms with E-state index in [-0.39, 0.29) is 6.79 Å². The third kappa shape index (κ3) is 2.82. The van der Waals surface area contributed by atoms with Crippen LogP contribution >= 0.6 is 31.9 Å². The summed E-state index contributed by atoms with van der Waals surface area (Å²) in [7, 11) is 0. The molecular weight excluding hydrogens is 390 g/mol. The molecule has 0 amide bonds. The number of ether oxygens (including phenoxy) is 2. The van der Waals surface area contributed by atoms with E-state index in [9.17, 15) is 5.11 Å². The molecule has 2 aromatic rings. The smallest absolute Gasteiger partial charge is 0.231 e. The number of hydrogen-bond acceptors (Lipinski definition) is 4. The molecule has 0 aliphatic carbocycles. The Morgan fingerprint density at radius 3 is 2.85 bits per heavy atom. The predicted octanol–water partition coefficient (Wildman–Crippen LogP) is 3.61. The molecule has 1 atom stereocenters. The zero-order valence-electron chi connectivity index (χ0n) is 10.3. The van der Waals surface area contributed by atoms with Crippen LogP contribution in [0.1, 0.15) is 17.4 Å². The molecule has 1 aliphatic heterocycles. The van der Waals surface area contributed by atoms with E-state index in [1.807, 2.05) is 18.2 Å². The van der Waals surface area contributed by atoms with E-state index in [0.29, 0.717) is 17.9 Å². The first-order valence-electron chi connectivity index (χ1n) is 6.01. The van der Waals surface area contributed by atoms with Gasteiger partial charge in [0.15, 0.2) is 11.5 Å². The number of nitrogens with zero attached hydrogens (tertiary/aromatic N) is 1. The molecule has 4 nitrogen and oxygen atoms in total. The summed E-state index contributed by atoms with van der Waals surface area (Å²) in [4.78, 5) is 4.26. The molecule has 0 fully saturated rings. The highest BCUT2D eigenvalue weighted by atomic mass is 79.9. The Hall–Kier alpha value is -1.11. The van der Waals surface area contributed by atoms with Gasteiger partial charge in [-0.15, -0.1) is 0 Å². The summed E-state index contributed by atoms with van der Waals surface area (Å²) in [5.74, 6) is 1.33. The molecule has 0 spiro atoms. The largest absolute Gasteiger partial charge is 0.454 e. The van der Waals surface area contributed by atoms with Crippen LogP contribution in [0.15, 0.2) is 39.4 Å². The number of aliphatic hydroxyl groups excluding tert-OH is 1. The lowest BCUT2D eigenvalue weighted by molar-refractivity contribution is 0.171. The molecule has 1 N–H and O–H groups in total. The van der Waals surface area contributed by atoms with E-state index >= 15 is 0 Å². The maximum Gasteiger partial charge on any atom is 0.231 e. The van der Waals surface area contributed by atoms with Gasteiger partial charge in [0, 0.05) is 22.8 Å². The fourth-order valence-corrected chi connectivity index (χ4v) is 2.83. The Morgan fingerprint density at radius 1 is 1.25 bits per heavy atom. The number of rotatable bonds is 3. The van der Waals surface area contributed by atoms with Crippen LogP contribution in [0.3, 0.4) is 0 Å². The van der Waals surface area contributed by atoms with Gasteiger partial charge in [0.05, 0.1) is 10.6 Å². The number of aromatic nitrogens is 1. The Balaban J connectivity index is 1.82. The monoisotopic (exact) mass is 399 g/mol. The number of benzene rings is 1. The Kier molecular flexibility index (Phi) is 3.96. The second kappa shape index (κ2) is 5.71. The highest BCUT2D eigenvalue weighted by Gasteiger charge is 2.20. The highest BCUT2D eigenvalue weighted by molar-refractivity contribution is 9.10. The number of aliphatic hydroxyl groups is 1. The fourth-order valence-electron chi connectivity index (χ4n) is 2.02. The van der Waals surface area contributed by atoms with Crippen molar-refractivity contribution in [1.29, 1.82) is 0 Å². The minimum absolute atomic E-state index is 0.210. The van der Waals surface area contributed by atoms with Gasteiger partial charge in [-0.2, -0.15) is 0 Å². The second-order valence-electron chi connectivity index (χ2n) is 4.42. The summed E-state index contributed by atoms with van der Waals surface area (Å²) in [6.45, 7) is 0.210. The van der Waals surface area contributed by atoms with Gasteiger partial charge in [-0.05, 0) is 61.7 Å². The SMILES string of the molecule is OC(Cc1ccc(Br)cn1)c1cc(Br)c2c(c1)OCO2.